The number of nitro groups is 1. The van der Waals surface area contributed by atoms with E-state index in [0.717, 1.165) is 11.8 Å². The van der Waals surface area contributed by atoms with Crippen LogP contribution >= 0.6 is 0 Å². The maximum atomic E-state index is 10.7. The molecule has 23 heavy (non-hydrogen) atoms. The summed E-state index contributed by atoms with van der Waals surface area (Å²) in [5.41, 5.74) is 0.658. The Morgan fingerprint density at radius 1 is 1.22 bits per heavy atom. The van der Waals surface area contributed by atoms with Crippen molar-refractivity contribution in [3.63, 3.8) is 0 Å². The van der Waals surface area contributed by atoms with Gasteiger partial charge < -0.3 is 4.74 Å². The van der Waals surface area contributed by atoms with Gasteiger partial charge in [-0.1, -0.05) is 18.2 Å². The standard InChI is InChI=1S/C15H9N5O3/c16-9-11-8-13(20(21)22)6-7-14(11)23-15-17-10-19(18-15)12-4-2-1-3-5-12/h1-8,10H. The molecule has 8 heteroatoms. The molecule has 1 heterocycles. The van der Waals surface area contributed by atoms with Crippen molar-refractivity contribution in [3.05, 3.63) is 70.5 Å². The van der Waals surface area contributed by atoms with Gasteiger partial charge in [-0.15, -0.1) is 5.10 Å². The van der Waals surface area contributed by atoms with Crippen molar-refractivity contribution >= 4 is 5.69 Å². The molecule has 0 radical (unpaired) electrons. The topological polar surface area (TPSA) is 107 Å². The average Bonchev–Trinajstić information content (AvgIpc) is 3.04. The van der Waals surface area contributed by atoms with Crippen molar-refractivity contribution < 1.29 is 9.66 Å². The second-order valence-corrected chi connectivity index (χ2v) is 4.46. The van der Waals surface area contributed by atoms with E-state index in [2.05, 4.69) is 10.1 Å². The summed E-state index contributed by atoms with van der Waals surface area (Å²) >= 11 is 0. The quantitative estimate of drug-likeness (QED) is 0.542. The summed E-state index contributed by atoms with van der Waals surface area (Å²) in [4.78, 5) is 14.2. The normalized spacial score (nSPS) is 10.0. The minimum absolute atomic E-state index is 0.0373. The van der Waals surface area contributed by atoms with E-state index in [0.29, 0.717) is 0 Å². The number of non-ortho nitro benzene ring substituents is 1. The lowest BCUT2D eigenvalue weighted by Crippen LogP contribution is -1.96. The summed E-state index contributed by atoms with van der Waals surface area (Å²) < 4.78 is 6.97. The Morgan fingerprint density at radius 2 is 2.00 bits per heavy atom. The number of hydrogen-bond acceptors (Lipinski definition) is 6. The van der Waals surface area contributed by atoms with Gasteiger partial charge in [-0.3, -0.25) is 10.1 Å². The van der Waals surface area contributed by atoms with Crippen LogP contribution in [-0.4, -0.2) is 19.7 Å². The maximum absolute atomic E-state index is 10.7. The Kier molecular flexibility index (Phi) is 3.68. The number of para-hydroxylation sites is 1. The minimum Gasteiger partial charge on any atom is -0.422 e. The van der Waals surface area contributed by atoms with Crippen molar-refractivity contribution in [1.29, 1.82) is 5.26 Å². The number of hydrogen-bond donors (Lipinski definition) is 0. The molecule has 8 nitrogen and oxygen atoms in total. The molecule has 0 amide bonds. The molecule has 3 rings (SSSR count). The molecule has 2 aromatic carbocycles. The SMILES string of the molecule is N#Cc1cc([N+](=O)[O-])ccc1Oc1ncn(-c2ccccc2)n1. The Hall–Kier alpha value is -3.73. The summed E-state index contributed by atoms with van der Waals surface area (Å²) in [5, 5.41) is 24.0. The molecule has 0 N–H and O–H groups in total. The second kappa shape index (κ2) is 5.95. The van der Waals surface area contributed by atoms with Crippen LogP contribution in [0.3, 0.4) is 0 Å². The fraction of sp³-hybridized carbons (Fsp3) is 0. The van der Waals surface area contributed by atoms with Crippen LogP contribution in [0.4, 0.5) is 5.69 Å². The van der Waals surface area contributed by atoms with Crippen LogP contribution < -0.4 is 4.74 Å². The summed E-state index contributed by atoms with van der Waals surface area (Å²) in [6, 6.07) is 15.0. The molecule has 0 spiro atoms. The lowest BCUT2D eigenvalue weighted by Gasteiger charge is -2.03. The van der Waals surface area contributed by atoms with Crippen molar-refractivity contribution in [2.75, 3.05) is 0 Å². The van der Waals surface area contributed by atoms with E-state index in [1.54, 1.807) is 0 Å². The van der Waals surface area contributed by atoms with Gasteiger partial charge in [-0.25, -0.2) is 4.68 Å². The second-order valence-electron chi connectivity index (χ2n) is 4.46. The van der Waals surface area contributed by atoms with Gasteiger partial charge in [0.25, 0.3) is 5.69 Å². The molecule has 0 fully saturated rings. The largest absolute Gasteiger partial charge is 0.422 e. The van der Waals surface area contributed by atoms with Gasteiger partial charge in [0.2, 0.25) is 0 Å². The summed E-state index contributed by atoms with van der Waals surface area (Å²) in [5.74, 6) is 0.156. The molecule has 0 saturated carbocycles. The molecular weight excluding hydrogens is 298 g/mol. The number of benzene rings is 2. The van der Waals surface area contributed by atoms with Crippen molar-refractivity contribution in [3.8, 4) is 23.5 Å². The van der Waals surface area contributed by atoms with Gasteiger partial charge in [-0.2, -0.15) is 10.2 Å². The zero-order chi connectivity index (χ0) is 16.2. The van der Waals surface area contributed by atoms with Crippen molar-refractivity contribution in [1.82, 2.24) is 14.8 Å². The Balaban J connectivity index is 1.87. The molecule has 0 unspecified atom stereocenters. The number of nitro benzene ring substituents is 1. The van der Waals surface area contributed by atoms with Crippen molar-refractivity contribution in [2.24, 2.45) is 0 Å². The first-order valence-electron chi connectivity index (χ1n) is 6.51. The van der Waals surface area contributed by atoms with Gasteiger partial charge in [0.1, 0.15) is 23.7 Å². The molecular formula is C15H9N5O3. The van der Waals surface area contributed by atoms with Gasteiger partial charge in [0.15, 0.2) is 0 Å². The molecule has 0 bridgehead atoms. The van der Waals surface area contributed by atoms with Gasteiger partial charge in [0, 0.05) is 12.1 Å². The molecule has 1 aromatic heterocycles. The van der Waals surface area contributed by atoms with Gasteiger partial charge in [0.05, 0.1) is 10.6 Å². The van der Waals surface area contributed by atoms with E-state index in [9.17, 15) is 10.1 Å². The van der Waals surface area contributed by atoms with E-state index >= 15 is 0 Å². The lowest BCUT2D eigenvalue weighted by atomic mass is 10.2. The van der Waals surface area contributed by atoms with Crippen LogP contribution in [0, 0.1) is 21.4 Å². The van der Waals surface area contributed by atoms with Crippen molar-refractivity contribution in [2.45, 2.75) is 0 Å². The molecule has 0 aliphatic carbocycles. The summed E-state index contributed by atoms with van der Waals surface area (Å²) in [6.07, 6.45) is 1.47. The molecule has 0 aliphatic heterocycles. The van der Waals surface area contributed by atoms with E-state index in [-0.39, 0.29) is 23.0 Å². The zero-order valence-electron chi connectivity index (χ0n) is 11.7. The highest BCUT2D eigenvalue weighted by molar-refractivity contribution is 5.50. The van der Waals surface area contributed by atoms with Gasteiger partial charge in [-0.05, 0) is 18.2 Å². The third-order valence-corrected chi connectivity index (χ3v) is 2.99. The fourth-order valence-corrected chi connectivity index (χ4v) is 1.91. The van der Waals surface area contributed by atoms with Crippen LogP contribution in [0.5, 0.6) is 11.8 Å². The number of aromatic nitrogens is 3. The number of nitrogens with zero attached hydrogens (tertiary/aromatic N) is 5. The number of nitriles is 1. The number of rotatable bonds is 4. The van der Waals surface area contributed by atoms with Crippen LogP contribution in [0.2, 0.25) is 0 Å². The summed E-state index contributed by atoms with van der Waals surface area (Å²) in [7, 11) is 0. The summed E-state index contributed by atoms with van der Waals surface area (Å²) in [6.45, 7) is 0. The van der Waals surface area contributed by atoms with Crippen LogP contribution in [-0.2, 0) is 0 Å². The highest BCUT2D eigenvalue weighted by atomic mass is 16.6. The smallest absolute Gasteiger partial charge is 0.341 e. The first kappa shape index (κ1) is 14.2. The van der Waals surface area contributed by atoms with Crippen LogP contribution in [0.15, 0.2) is 54.9 Å². The number of ether oxygens (including phenoxy) is 1. The third-order valence-electron chi connectivity index (χ3n) is 2.99. The fourth-order valence-electron chi connectivity index (χ4n) is 1.91. The van der Waals surface area contributed by atoms with E-state index in [1.807, 2.05) is 36.4 Å². The third kappa shape index (κ3) is 2.98. The molecule has 0 atom stereocenters. The van der Waals surface area contributed by atoms with Crippen LogP contribution in [0.1, 0.15) is 5.56 Å². The first-order valence-corrected chi connectivity index (χ1v) is 6.51. The minimum atomic E-state index is -0.576. The van der Waals surface area contributed by atoms with E-state index in [4.69, 9.17) is 10.00 Å². The van der Waals surface area contributed by atoms with E-state index in [1.165, 1.54) is 23.1 Å². The van der Waals surface area contributed by atoms with Crippen LogP contribution in [0.25, 0.3) is 5.69 Å². The molecule has 3 aromatic rings. The predicted molar refractivity (Wildman–Crippen MR) is 79.2 cm³/mol. The maximum Gasteiger partial charge on any atom is 0.341 e. The van der Waals surface area contributed by atoms with Gasteiger partial charge >= 0.3 is 6.01 Å². The highest BCUT2D eigenvalue weighted by Crippen LogP contribution is 2.26. The Labute approximate surface area is 130 Å². The zero-order valence-corrected chi connectivity index (χ0v) is 11.7. The molecule has 0 saturated heterocycles. The molecule has 112 valence electrons. The first-order chi connectivity index (χ1) is 11.2. The monoisotopic (exact) mass is 307 g/mol. The predicted octanol–water partition coefficient (Wildman–Crippen LogP) is 2.84. The highest BCUT2D eigenvalue weighted by Gasteiger charge is 2.14. The molecule has 0 aliphatic rings. The Morgan fingerprint density at radius 3 is 2.70 bits per heavy atom. The Bertz CT molecular complexity index is 899. The average molecular weight is 307 g/mol. The van der Waals surface area contributed by atoms with E-state index < -0.39 is 4.92 Å². The lowest BCUT2D eigenvalue weighted by molar-refractivity contribution is -0.384.